The van der Waals surface area contributed by atoms with Crippen molar-refractivity contribution >= 4 is 46.3 Å². The lowest BCUT2D eigenvalue weighted by Crippen LogP contribution is -2.48. The zero-order valence-electron chi connectivity index (χ0n) is 17.7. The molecule has 0 unspecified atom stereocenters. The summed E-state index contributed by atoms with van der Waals surface area (Å²) in [6.07, 6.45) is 2.15. The standard InChI is InChI=1S/C21H30N4O3S.HI/c1-4-22-21(23-14-15-12-17(27-2)20(26)18(13-15)28-3)24-16-7-9-25(10-8-16)19-6-5-11-29-19;/h5-6,11-13,16,26H,4,7-10,14H2,1-3H3,(H2,22,23,24);1H. The van der Waals surface area contributed by atoms with Gasteiger partial charge in [-0.3, -0.25) is 0 Å². The molecule has 1 saturated heterocycles. The van der Waals surface area contributed by atoms with Gasteiger partial charge < -0.3 is 30.1 Å². The molecule has 3 rings (SSSR count). The number of benzene rings is 1. The van der Waals surface area contributed by atoms with Gasteiger partial charge in [0.15, 0.2) is 17.5 Å². The van der Waals surface area contributed by atoms with Gasteiger partial charge in [0.2, 0.25) is 5.75 Å². The predicted octanol–water partition coefficient (Wildman–Crippen LogP) is 3.81. The van der Waals surface area contributed by atoms with Crippen LogP contribution in [-0.2, 0) is 6.54 Å². The zero-order valence-corrected chi connectivity index (χ0v) is 20.8. The van der Waals surface area contributed by atoms with Crippen LogP contribution < -0.4 is 25.0 Å². The molecule has 1 aliphatic heterocycles. The number of phenolic OH excluding ortho intramolecular Hbond substituents is 1. The molecule has 1 aromatic heterocycles. The average Bonchev–Trinajstić information content (AvgIpc) is 3.28. The second kappa shape index (κ2) is 12.1. The van der Waals surface area contributed by atoms with Crippen molar-refractivity contribution in [1.29, 1.82) is 0 Å². The topological polar surface area (TPSA) is 78.4 Å². The molecular weight excluding hydrogens is 515 g/mol. The van der Waals surface area contributed by atoms with E-state index in [2.05, 4.69) is 40.0 Å². The van der Waals surface area contributed by atoms with Gasteiger partial charge >= 0.3 is 0 Å². The van der Waals surface area contributed by atoms with Crippen LogP contribution in [0.1, 0.15) is 25.3 Å². The number of aliphatic imine (C=N–C) groups is 1. The van der Waals surface area contributed by atoms with E-state index in [9.17, 15) is 5.11 Å². The highest BCUT2D eigenvalue weighted by atomic mass is 127. The fourth-order valence-corrected chi connectivity index (χ4v) is 4.20. The van der Waals surface area contributed by atoms with Gasteiger partial charge in [-0.2, -0.15) is 0 Å². The van der Waals surface area contributed by atoms with E-state index in [1.54, 1.807) is 23.5 Å². The lowest BCUT2D eigenvalue weighted by molar-refractivity contribution is 0.339. The van der Waals surface area contributed by atoms with Gasteiger partial charge in [0.05, 0.1) is 25.8 Å². The third-order valence-electron chi connectivity index (χ3n) is 4.96. The van der Waals surface area contributed by atoms with Crippen molar-refractivity contribution < 1.29 is 14.6 Å². The number of aromatic hydroxyl groups is 1. The number of rotatable bonds is 7. The maximum Gasteiger partial charge on any atom is 0.200 e. The van der Waals surface area contributed by atoms with E-state index >= 15 is 0 Å². The number of methoxy groups -OCH3 is 2. The van der Waals surface area contributed by atoms with Gasteiger partial charge in [-0.05, 0) is 55.0 Å². The summed E-state index contributed by atoms with van der Waals surface area (Å²) in [5.74, 6) is 1.57. The van der Waals surface area contributed by atoms with Crippen molar-refractivity contribution in [2.24, 2.45) is 4.99 Å². The van der Waals surface area contributed by atoms with Crippen LogP contribution in [0.15, 0.2) is 34.6 Å². The first-order chi connectivity index (χ1) is 14.1. The van der Waals surface area contributed by atoms with Crippen molar-refractivity contribution in [2.45, 2.75) is 32.4 Å². The van der Waals surface area contributed by atoms with E-state index in [1.807, 2.05) is 0 Å². The molecule has 0 bridgehead atoms. The highest BCUT2D eigenvalue weighted by Crippen LogP contribution is 2.37. The number of nitrogens with zero attached hydrogens (tertiary/aromatic N) is 2. The van der Waals surface area contributed by atoms with E-state index in [0.29, 0.717) is 24.1 Å². The third kappa shape index (κ3) is 6.31. The molecule has 0 radical (unpaired) electrons. The first kappa shape index (κ1) is 24.4. The van der Waals surface area contributed by atoms with Crippen LogP contribution in [0.25, 0.3) is 0 Å². The Hall–Kier alpha value is -1.88. The first-order valence-electron chi connectivity index (χ1n) is 9.91. The van der Waals surface area contributed by atoms with Crippen LogP contribution in [0.3, 0.4) is 0 Å². The van der Waals surface area contributed by atoms with E-state index in [0.717, 1.165) is 44.0 Å². The average molecular weight is 546 g/mol. The SMILES string of the molecule is CCNC(=NCc1cc(OC)c(O)c(OC)c1)NC1CCN(c2cccs2)CC1.I. The summed E-state index contributed by atoms with van der Waals surface area (Å²) in [5.41, 5.74) is 0.904. The van der Waals surface area contributed by atoms with E-state index in [4.69, 9.17) is 14.5 Å². The Morgan fingerprint density at radius 1 is 1.23 bits per heavy atom. The number of anilines is 1. The maximum absolute atomic E-state index is 10.1. The highest BCUT2D eigenvalue weighted by molar-refractivity contribution is 14.0. The minimum atomic E-state index is 0. The van der Waals surface area contributed by atoms with Crippen LogP contribution in [0.5, 0.6) is 17.2 Å². The lowest BCUT2D eigenvalue weighted by Gasteiger charge is -2.33. The van der Waals surface area contributed by atoms with E-state index < -0.39 is 0 Å². The molecular formula is C21H31IN4O3S. The van der Waals surface area contributed by atoms with Gasteiger partial charge in [-0.1, -0.05) is 0 Å². The first-order valence-corrected chi connectivity index (χ1v) is 10.8. The monoisotopic (exact) mass is 546 g/mol. The second-order valence-corrected chi connectivity index (χ2v) is 7.83. The molecule has 0 saturated carbocycles. The van der Waals surface area contributed by atoms with Crippen LogP contribution in [0, 0.1) is 0 Å². The number of phenols is 1. The maximum atomic E-state index is 10.1. The quantitative estimate of drug-likeness (QED) is 0.279. The molecule has 1 aromatic carbocycles. The molecule has 1 aliphatic rings. The molecule has 166 valence electrons. The van der Waals surface area contributed by atoms with Crippen molar-refractivity contribution in [3.05, 3.63) is 35.2 Å². The number of ether oxygens (including phenoxy) is 2. The Bertz CT molecular complexity index is 784. The number of guanidine groups is 1. The molecule has 0 spiro atoms. The molecule has 0 amide bonds. The van der Waals surface area contributed by atoms with Crippen molar-refractivity contribution in [3.8, 4) is 17.2 Å². The molecule has 30 heavy (non-hydrogen) atoms. The Kier molecular flexibility index (Phi) is 9.83. The highest BCUT2D eigenvalue weighted by Gasteiger charge is 2.20. The number of halogens is 1. The number of nitrogens with one attached hydrogen (secondary N) is 2. The van der Waals surface area contributed by atoms with Crippen molar-refractivity contribution in [2.75, 3.05) is 38.8 Å². The molecule has 0 aliphatic carbocycles. The second-order valence-electron chi connectivity index (χ2n) is 6.90. The Balaban J connectivity index is 0.00000320. The number of thiophene rings is 1. The van der Waals surface area contributed by atoms with E-state index in [-0.39, 0.29) is 29.7 Å². The molecule has 1 fully saturated rings. The number of hydrogen-bond donors (Lipinski definition) is 3. The Morgan fingerprint density at radius 2 is 1.90 bits per heavy atom. The van der Waals surface area contributed by atoms with Crippen molar-refractivity contribution in [3.63, 3.8) is 0 Å². The third-order valence-corrected chi connectivity index (χ3v) is 5.89. The molecule has 2 aromatic rings. The number of hydrogen-bond acceptors (Lipinski definition) is 6. The summed E-state index contributed by atoms with van der Waals surface area (Å²) in [6.45, 7) is 5.40. The van der Waals surface area contributed by atoms with Gasteiger partial charge in [0, 0.05) is 25.7 Å². The summed E-state index contributed by atoms with van der Waals surface area (Å²) in [5, 5.41) is 20.4. The normalized spacial score (nSPS) is 14.8. The van der Waals surface area contributed by atoms with Crippen LogP contribution in [0.2, 0.25) is 0 Å². The largest absolute Gasteiger partial charge is 0.502 e. The van der Waals surface area contributed by atoms with Gasteiger partial charge in [-0.15, -0.1) is 35.3 Å². The molecule has 3 N–H and O–H groups in total. The van der Waals surface area contributed by atoms with Gasteiger partial charge in [0.25, 0.3) is 0 Å². The fraction of sp³-hybridized carbons (Fsp3) is 0.476. The minimum absolute atomic E-state index is 0. The molecule has 0 atom stereocenters. The molecule has 7 nitrogen and oxygen atoms in total. The summed E-state index contributed by atoms with van der Waals surface area (Å²) in [6, 6.07) is 8.25. The van der Waals surface area contributed by atoms with Gasteiger partial charge in [-0.25, -0.2) is 4.99 Å². The summed E-state index contributed by atoms with van der Waals surface area (Å²) >= 11 is 1.80. The smallest absolute Gasteiger partial charge is 0.200 e. The van der Waals surface area contributed by atoms with Crippen LogP contribution in [0.4, 0.5) is 5.00 Å². The molecule has 9 heteroatoms. The summed E-state index contributed by atoms with van der Waals surface area (Å²) in [4.78, 5) is 7.16. The van der Waals surface area contributed by atoms with Crippen LogP contribution >= 0.6 is 35.3 Å². The Morgan fingerprint density at radius 3 is 2.43 bits per heavy atom. The zero-order chi connectivity index (χ0) is 20.6. The minimum Gasteiger partial charge on any atom is -0.502 e. The fourth-order valence-electron chi connectivity index (χ4n) is 3.42. The van der Waals surface area contributed by atoms with Crippen molar-refractivity contribution in [1.82, 2.24) is 10.6 Å². The lowest BCUT2D eigenvalue weighted by atomic mass is 10.1. The van der Waals surface area contributed by atoms with Crippen LogP contribution in [-0.4, -0.2) is 51.0 Å². The summed E-state index contributed by atoms with van der Waals surface area (Å²) in [7, 11) is 3.05. The van der Waals surface area contributed by atoms with Gasteiger partial charge in [0.1, 0.15) is 0 Å². The predicted molar refractivity (Wildman–Crippen MR) is 134 cm³/mol. The Labute approximate surface area is 199 Å². The van der Waals surface area contributed by atoms with E-state index in [1.165, 1.54) is 19.2 Å². The molecule has 2 heterocycles. The summed E-state index contributed by atoms with van der Waals surface area (Å²) < 4.78 is 10.5. The number of piperidine rings is 1.